The van der Waals surface area contributed by atoms with E-state index in [-0.39, 0.29) is 11.9 Å². The molecule has 3 heterocycles. The van der Waals surface area contributed by atoms with Crippen LogP contribution in [0.4, 0.5) is 5.95 Å². The first-order valence-corrected chi connectivity index (χ1v) is 11.1. The summed E-state index contributed by atoms with van der Waals surface area (Å²) in [5.74, 6) is 0.811. The average Bonchev–Trinajstić information content (AvgIpc) is 2.84. The smallest absolute Gasteiger partial charge is 0.238 e. The molecule has 2 aromatic rings. The van der Waals surface area contributed by atoms with Crippen LogP contribution < -0.4 is 10.2 Å². The molecule has 1 amide bonds. The summed E-state index contributed by atoms with van der Waals surface area (Å²) < 4.78 is 5.43. The van der Waals surface area contributed by atoms with Crippen molar-refractivity contribution in [2.75, 3.05) is 64.4 Å². The van der Waals surface area contributed by atoms with Gasteiger partial charge >= 0.3 is 0 Å². The third kappa shape index (κ3) is 5.78. The van der Waals surface area contributed by atoms with Crippen molar-refractivity contribution >= 4 is 11.9 Å². The zero-order valence-corrected chi connectivity index (χ0v) is 18.2. The van der Waals surface area contributed by atoms with Gasteiger partial charge in [0, 0.05) is 59.1 Å². The molecule has 2 aliphatic heterocycles. The molecular weight excluding hydrogens is 392 g/mol. The molecule has 1 atom stereocenters. The number of hydrogen-bond acceptors (Lipinski definition) is 7. The first-order chi connectivity index (χ1) is 15.2. The predicted molar refractivity (Wildman–Crippen MR) is 120 cm³/mol. The summed E-state index contributed by atoms with van der Waals surface area (Å²) in [6.45, 7) is 7.15. The van der Waals surface area contributed by atoms with Crippen molar-refractivity contribution < 1.29 is 9.53 Å². The summed E-state index contributed by atoms with van der Waals surface area (Å²) in [5, 5.41) is 2.85. The van der Waals surface area contributed by atoms with Gasteiger partial charge in [0.25, 0.3) is 0 Å². The number of nitrogens with one attached hydrogen (secondary N) is 1. The Bertz CT molecular complexity index is 843. The molecule has 8 nitrogen and oxygen atoms in total. The van der Waals surface area contributed by atoms with Crippen LogP contribution in [0.3, 0.4) is 0 Å². The molecule has 1 N–H and O–H groups in total. The van der Waals surface area contributed by atoms with Gasteiger partial charge in [0.15, 0.2) is 0 Å². The lowest BCUT2D eigenvalue weighted by atomic mass is 10.1. The van der Waals surface area contributed by atoms with E-state index in [0.29, 0.717) is 19.8 Å². The molecule has 31 heavy (non-hydrogen) atoms. The number of carbonyl (C=O) groups is 1. The van der Waals surface area contributed by atoms with Crippen LogP contribution in [0.25, 0.3) is 0 Å². The standard InChI is InChI=1S/C23H32N6O2/c1-24-22(30)21-18-27(10-8-19-5-3-2-4-6-19)11-12-29(21)17-20-7-9-25-23(26-20)28-13-15-31-16-14-28/h2-7,9,21H,8,10-18H2,1H3,(H,24,30)/t21-/m0/s1. The number of nitrogens with zero attached hydrogens (tertiary/aromatic N) is 5. The highest BCUT2D eigenvalue weighted by Gasteiger charge is 2.32. The van der Waals surface area contributed by atoms with Crippen LogP contribution in [0.1, 0.15) is 11.3 Å². The molecule has 0 bridgehead atoms. The van der Waals surface area contributed by atoms with Crippen molar-refractivity contribution in [3.05, 3.63) is 53.9 Å². The molecule has 0 radical (unpaired) electrons. The van der Waals surface area contributed by atoms with Gasteiger partial charge in [-0.2, -0.15) is 0 Å². The number of piperazine rings is 1. The second-order valence-electron chi connectivity index (χ2n) is 8.08. The molecule has 8 heteroatoms. The molecule has 1 aromatic heterocycles. The van der Waals surface area contributed by atoms with E-state index in [9.17, 15) is 4.79 Å². The second-order valence-corrected chi connectivity index (χ2v) is 8.08. The summed E-state index contributed by atoms with van der Waals surface area (Å²) >= 11 is 0. The largest absolute Gasteiger partial charge is 0.378 e. The Morgan fingerprint density at radius 1 is 1.13 bits per heavy atom. The molecule has 2 fully saturated rings. The van der Waals surface area contributed by atoms with E-state index >= 15 is 0 Å². The normalized spacial score (nSPS) is 20.5. The van der Waals surface area contributed by atoms with Gasteiger partial charge in [-0.3, -0.25) is 14.6 Å². The lowest BCUT2D eigenvalue weighted by Gasteiger charge is -2.40. The van der Waals surface area contributed by atoms with E-state index in [1.165, 1.54) is 5.56 Å². The predicted octanol–water partition coefficient (Wildman–Crippen LogP) is 0.788. The van der Waals surface area contributed by atoms with Crippen molar-refractivity contribution in [2.24, 2.45) is 0 Å². The number of aromatic nitrogens is 2. The topological polar surface area (TPSA) is 73.8 Å². The van der Waals surface area contributed by atoms with Crippen LogP contribution in [-0.2, 0) is 22.5 Å². The van der Waals surface area contributed by atoms with Crippen LogP contribution in [0, 0.1) is 0 Å². The van der Waals surface area contributed by atoms with Crippen LogP contribution in [0.15, 0.2) is 42.6 Å². The first-order valence-electron chi connectivity index (χ1n) is 11.1. The molecule has 2 aliphatic rings. The van der Waals surface area contributed by atoms with E-state index in [1.54, 1.807) is 7.05 Å². The summed E-state index contributed by atoms with van der Waals surface area (Å²) in [6.07, 6.45) is 2.81. The number of anilines is 1. The number of amides is 1. The lowest BCUT2D eigenvalue weighted by molar-refractivity contribution is -0.128. The molecule has 0 unspecified atom stereocenters. The van der Waals surface area contributed by atoms with Crippen LogP contribution >= 0.6 is 0 Å². The average molecular weight is 425 g/mol. The maximum atomic E-state index is 12.7. The molecule has 1 aromatic carbocycles. The maximum absolute atomic E-state index is 12.7. The Morgan fingerprint density at radius 2 is 1.94 bits per heavy atom. The Labute approximate surface area is 184 Å². The highest BCUT2D eigenvalue weighted by molar-refractivity contribution is 5.81. The van der Waals surface area contributed by atoms with Crippen molar-refractivity contribution in [1.29, 1.82) is 0 Å². The molecule has 0 spiro atoms. The molecule has 4 rings (SSSR count). The summed E-state index contributed by atoms with van der Waals surface area (Å²) in [6, 6.07) is 12.3. The van der Waals surface area contributed by atoms with Crippen LogP contribution in [0.2, 0.25) is 0 Å². The minimum atomic E-state index is -0.184. The fraction of sp³-hybridized carbons (Fsp3) is 0.522. The van der Waals surface area contributed by atoms with E-state index in [4.69, 9.17) is 9.72 Å². The van der Waals surface area contributed by atoms with Crippen molar-refractivity contribution in [3.63, 3.8) is 0 Å². The molecule has 0 saturated carbocycles. The number of hydrogen-bond donors (Lipinski definition) is 1. The summed E-state index contributed by atoms with van der Waals surface area (Å²) in [7, 11) is 1.71. The first kappa shape index (κ1) is 21.7. The summed E-state index contributed by atoms with van der Waals surface area (Å²) in [4.78, 5) is 28.7. The molecule has 166 valence electrons. The zero-order chi connectivity index (χ0) is 21.5. The minimum Gasteiger partial charge on any atom is -0.378 e. The van der Waals surface area contributed by atoms with Crippen molar-refractivity contribution in [1.82, 2.24) is 25.1 Å². The van der Waals surface area contributed by atoms with Gasteiger partial charge in [0.05, 0.1) is 18.9 Å². The minimum absolute atomic E-state index is 0.0619. The highest BCUT2D eigenvalue weighted by Crippen LogP contribution is 2.16. The number of carbonyl (C=O) groups excluding carboxylic acids is 1. The fourth-order valence-electron chi connectivity index (χ4n) is 4.21. The monoisotopic (exact) mass is 424 g/mol. The van der Waals surface area contributed by atoms with Gasteiger partial charge in [-0.25, -0.2) is 9.97 Å². The van der Waals surface area contributed by atoms with Crippen LogP contribution in [-0.4, -0.2) is 91.2 Å². The van der Waals surface area contributed by atoms with E-state index in [1.807, 2.05) is 18.3 Å². The van der Waals surface area contributed by atoms with E-state index in [2.05, 4.69) is 49.3 Å². The number of likely N-dealkylation sites (N-methyl/N-ethyl adjacent to an activating group) is 1. The number of rotatable bonds is 7. The number of benzene rings is 1. The molecule has 2 saturated heterocycles. The molecule has 0 aliphatic carbocycles. The third-order valence-electron chi connectivity index (χ3n) is 6.04. The Balaban J connectivity index is 1.39. The van der Waals surface area contributed by atoms with Crippen molar-refractivity contribution in [3.8, 4) is 0 Å². The quantitative estimate of drug-likeness (QED) is 0.704. The van der Waals surface area contributed by atoms with Gasteiger partial charge < -0.3 is 15.0 Å². The van der Waals surface area contributed by atoms with E-state index < -0.39 is 0 Å². The number of ether oxygens (including phenoxy) is 1. The Kier molecular flexibility index (Phi) is 7.45. The van der Waals surface area contributed by atoms with Gasteiger partial charge in [-0.15, -0.1) is 0 Å². The molecular formula is C23H32N6O2. The lowest BCUT2D eigenvalue weighted by Crippen LogP contribution is -2.58. The zero-order valence-electron chi connectivity index (χ0n) is 18.2. The number of morpholine rings is 1. The Morgan fingerprint density at radius 3 is 2.71 bits per heavy atom. The van der Waals surface area contributed by atoms with Crippen LogP contribution in [0.5, 0.6) is 0 Å². The summed E-state index contributed by atoms with van der Waals surface area (Å²) in [5.41, 5.74) is 2.28. The highest BCUT2D eigenvalue weighted by atomic mass is 16.5. The van der Waals surface area contributed by atoms with Gasteiger partial charge in [-0.05, 0) is 18.1 Å². The van der Waals surface area contributed by atoms with Crippen molar-refractivity contribution in [2.45, 2.75) is 19.0 Å². The SMILES string of the molecule is CNC(=O)[C@@H]1CN(CCc2ccccc2)CCN1Cc1ccnc(N2CCOCC2)n1. The van der Waals surface area contributed by atoms with Gasteiger partial charge in [0.2, 0.25) is 11.9 Å². The third-order valence-corrected chi connectivity index (χ3v) is 6.04. The maximum Gasteiger partial charge on any atom is 0.238 e. The van der Waals surface area contributed by atoms with Gasteiger partial charge in [0.1, 0.15) is 6.04 Å². The van der Waals surface area contributed by atoms with Gasteiger partial charge in [-0.1, -0.05) is 30.3 Å². The van der Waals surface area contributed by atoms with E-state index in [0.717, 1.165) is 57.3 Å². The Hall–Kier alpha value is -2.55. The second kappa shape index (κ2) is 10.7. The fourth-order valence-corrected chi connectivity index (χ4v) is 4.21.